The largest absolute Gasteiger partial charge is 0.497 e. The average molecular weight is 290 g/mol. The number of thioether (sulfide) groups is 1. The molecule has 3 nitrogen and oxygen atoms in total. The van der Waals surface area contributed by atoms with Gasteiger partial charge in [-0.15, -0.1) is 0 Å². The van der Waals surface area contributed by atoms with E-state index in [-0.39, 0.29) is 5.54 Å². The van der Waals surface area contributed by atoms with E-state index in [4.69, 9.17) is 10.1 Å². The lowest BCUT2D eigenvalue weighted by atomic mass is 9.78. The molecule has 0 radical (unpaired) electrons. The molecule has 2 fully saturated rings. The number of hydrogen-bond acceptors (Lipinski definition) is 3. The number of nitrogens with one attached hydrogen (secondary N) is 1. The van der Waals surface area contributed by atoms with Gasteiger partial charge in [-0.1, -0.05) is 31.0 Å². The summed E-state index contributed by atoms with van der Waals surface area (Å²) in [4.78, 5) is 2.29. The standard InChI is InChI=1S/C16H22N2OS/c1-19-14-7-5-13(6-8-14)18-15(17)20-12-11-16(18)9-3-2-4-10-16/h5-8,17H,2-4,9-12H2,1H3. The van der Waals surface area contributed by atoms with Crippen molar-refractivity contribution in [3.05, 3.63) is 24.3 Å². The molecular formula is C16H22N2OS. The number of amidine groups is 1. The van der Waals surface area contributed by atoms with Crippen molar-refractivity contribution >= 4 is 22.6 Å². The highest BCUT2D eigenvalue weighted by Crippen LogP contribution is 2.44. The molecule has 1 heterocycles. The molecule has 0 aromatic heterocycles. The van der Waals surface area contributed by atoms with Gasteiger partial charge in [-0.25, -0.2) is 0 Å². The summed E-state index contributed by atoms with van der Waals surface area (Å²) in [5.74, 6) is 1.97. The quantitative estimate of drug-likeness (QED) is 0.883. The number of benzene rings is 1. The Balaban J connectivity index is 1.94. The number of ether oxygens (including phenoxy) is 1. The number of hydrogen-bond donors (Lipinski definition) is 1. The molecule has 108 valence electrons. The third-order valence-corrected chi connectivity index (χ3v) is 5.46. The third-order valence-electron chi connectivity index (χ3n) is 4.60. The number of methoxy groups -OCH3 is 1. The molecule has 1 aromatic carbocycles. The van der Waals surface area contributed by atoms with E-state index in [1.807, 2.05) is 12.1 Å². The van der Waals surface area contributed by atoms with Crippen LogP contribution >= 0.6 is 11.8 Å². The van der Waals surface area contributed by atoms with Crippen molar-refractivity contribution < 1.29 is 4.74 Å². The van der Waals surface area contributed by atoms with E-state index in [0.29, 0.717) is 5.17 Å². The smallest absolute Gasteiger partial charge is 0.161 e. The van der Waals surface area contributed by atoms with Crippen LogP contribution in [-0.2, 0) is 0 Å². The van der Waals surface area contributed by atoms with Crippen LogP contribution in [0.3, 0.4) is 0 Å². The van der Waals surface area contributed by atoms with Crippen LogP contribution in [0.25, 0.3) is 0 Å². The molecular weight excluding hydrogens is 268 g/mol. The van der Waals surface area contributed by atoms with Crippen LogP contribution in [0.4, 0.5) is 5.69 Å². The van der Waals surface area contributed by atoms with Crippen LogP contribution < -0.4 is 9.64 Å². The van der Waals surface area contributed by atoms with E-state index < -0.39 is 0 Å². The fraction of sp³-hybridized carbons (Fsp3) is 0.562. The average Bonchev–Trinajstić information content (AvgIpc) is 2.49. The minimum Gasteiger partial charge on any atom is -0.497 e. The van der Waals surface area contributed by atoms with E-state index in [9.17, 15) is 0 Å². The molecule has 4 heteroatoms. The van der Waals surface area contributed by atoms with Gasteiger partial charge in [0.2, 0.25) is 0 Å². The normalized spacial score (nSPS) is 22.1. The Morgan fingerprint density at radius 1 is 1.10 bits per heavy atom. The topological polar surface area (TPSA) is 36.3 Å². The highest BCUT2D eigenvalue weighted by Gasteiger charge is 2.42. The monoisotopic (exact) mass is 290 g/mol. The first kappa shape index (κ1) is 13.8. The number of anilines is 1. The van der Waals surface area contributed by atoms with Gasteiger partial charge in [0.1, 0.15) is 5.75 Å². The predicted molar refractivity (Wildman–Crippen MR) is 86.1 cm³/mol. The molecule has 3 rings (SSSR count). The highest BCUT2D eigenvalue weighted by molar-refractivity contribution is 8.14. The minimum atomic E-state index is 0.190. The molecule has 1 saturated carbocycles. The third kappa shape index (κ3) is 2.41. The van der Waals surface area contributed by atoms with Gasteiger partial charge in [0.15, 0.2) is 5.17 Å². The van der Waals surface area contributed by atoms with E-state index in [1.54, 1.807) is 18.9 Å². The van der Waals surface area contributed by atoms with Crippen molar-refractivity contribution in [1.29, 1.82) is 5.41 Å². The summed E-state index contributed by atoms with van der Waals surface area (Å²) in [6, 6.07) is 8.18. The second-order valence-electron chi connectivity index (χ2n) is 5.72. The number of rotatable bonds is 2. The Kier molecular flexibility index (Phi) is 3.92. The van der Waals surface area contributed by atoms with Gasteiger partial charge >= 0.3 is 0 Å². The van der Waals surface area contributed by atoms with Crippen molar-refractivity contribution in [2.75, 3.05) is 17.8 Å². The van der Waals surface area contributed by atoms with Crippen molar-refractivity contribution in [3.63, 3.8) is 0 Å². The molecule has 1 aromatic rings. The van der Waals surface area contributed by atoms with Gasteiger partial charge in [0, 0.05) is 17.0 Å². The molecule has 1 N–H and O–H groups in total. The summed E-state index contributed by atoms with van der Waals surface area (Å²) < 4.78 is 5.24. The van der Waals surface area contributed by atoms with Gasteiger partial charge in [-0.2, -0.15) is 0 Å². The molecule has 1 aliphatic heterocycles. The lowest BCUT2D eigenvalue weighted by molar-refractivity contribution is 0.288. The molecule has 1 aliphatic carbocycles. The van der Waals surface area contributed by atoms with Gasteiger partial charge in [-0.3, -0.25) is 5.41 Å². The summed E-state index contributed by atoms with van der Waals surface area (Å²) in [6.45, 7) is 0. The van der Waals surface area contributed by atoms with Gasteiger partial charge in [0.05, 0.1) is 7.11 Å². The zero-order valence-electron chi connectivity index (χ0n) is 12.0. The highest BCUT2D eigenvalue weighted by atomic mass is 32.2. The van der Waals surface area contributed by atoms with Crippen LogP contribution in [-0.4, -0.2) is 23.6 Å². The minimum absolute atomic E-state index is 0.190. The summed E-state index contributed by atoms with van der Waals surface area (Å²) >= 11 is 1.68. The maximum absolute atomic E-state index is 8.40. The van der Waals surface area contributed by atoms with Gasteiger partial charge < -0.3 is 9.64 Å². The Hall–Kier alpha value is -1.16. The van der Waals surface area contributed by atoms with E-state index >= 15 is 0 Å². The lowest BCUT2D eigenvalue weighted by Crippen LogP contribution is -2.55. The van der Waals surface area contributed by atoms with Crippen LogP contribution in [0.5, 0.6) is 5.75 Å². The molecule has 2 aliphatic rings. The molecule has 1 saturated heterocycles. The fourth-order valence-electron chi connectivity index (χ4n) is 3.54. The van der Waals surface area contributed by atoms with Crippen molar-refractivity contribution in [2.45, 2.75) is 44.1 Å². The Labute approximate surface area is 125 Å². The van der Waals surface area contributed by atoms with E-state index in [1.165, 1.54) is 38.5 Å². The Morgan fingerprint density at radius 3 is 2.45 bits per heavy atom. The first-order valence-electron chi connectivity index (χ1n) is 7.41. The second kappa shape index (κ2) is 5.68. The molecule has 20 heavy (non-hydrogen) atoms. The van der Waals surface area contributed by atoms with E-state index in [0.717, 1.165) is 17.2 Å². The maximum Gasteiger partial charge on any atom is 0.161 e. The lowest BCUT2D eigenvalue weighted by Gasteiger charge is -2.50. The van der Waals surface area contributed by atoms with Gasteiger partial charge in [0.25, 0.3) is 0 Å². The van der Waals surface area contributed by atoms with Gasteiger partial charge in [-0.05, 0) is 43.5 Å². The zero-order valence-corrected chi connectivity index (χ0v) is 12.8. The van der Waals surface area contributed by atoms with Crippen LogP contribution in [0.1, 0.15) is 38.5 Å². The Morgan fingerprint density at radius 2 is 1.80 bits per heavy atom. The summed E-state index contributed by atoms with van der Waals surface area (Å²) in [5, 5.41) is 9.11. The Bertz CT molecular complexity index is 474. The molecule has 0 bridgehead atoms. The van der Waals surface area contributed by atoms with Crippen LogP contribution in [0.15, 0.2) is 24.3 Å². The molecule has 0 unspecified atom stereocenters. The van der Waals surface area contributed by atoms with Crippen molar-refractivity contribution in [2.24, 2.45) is 0 Å². The SMILES string of the molecule is COc1ccc(N2C(=N)SCCC23CCCCC3)cc1. The van der Waals surface area contributed by atoms with Crippen molar-refractivity contribution in [1.82, 2.24) is 0 Å². The van der Waals surface area contributed by atoms with E-state index in [2.05, 4.69) is 17.0 Å². The first-order chi connectivity index (χ1) is 9.75. The zero-order chi connectivity index (χ0) is 14.0. The van der Waals surface area contributed by atoms with Crippen molar-refractivity contribution in [3.8, 4) is 5.75 Å². The van der Waals surface area contributed by atoms with Crippen LogP contribution in [0.2, 0.25) is 0 Å². The van der Waals surface area contributed by atoms with Crippen LogP contribution in [0, 0.1) is 5.41 Å². The first-order valence-corrected chi connectivity index (χ1v) is 8.39. The maximum atomic E-state index is 8.40. The fourth-order valence-corrected chi connectivity index (χ4v) is 4.64. The molecule has 1 spiro atoms. The number of nitrogens with zero attached hydrogens (tertiary/aromatic N) is 1. The molecule has 0 atom stereocenters. The summed E-state index contributed by atoms with van der Waals surface area (Å²) in [5.41, 5.74) is 1.33. The summed E-state index contributed by atoms with van der Waals surface area (Å²) in [6.07, 6.45) is 7.59. The second-order valence-corrected chi connectivity index (χ2v) is 6.81. The summed E-state index contributed by atoms with van der Waals surface area (Å²) in [7, 11) is 1.69. The predicted octanol–water partition coefficient (Wildman–Crippen LogP) is 4.28. The molecule has 0 amide bonds.